The Morgan fingerprint density at radius 3 is 2.58 bits per heavy atom. The maximum atomic E-state index is 10.6. The third kappa shape index (κ3) is 3.15. The van der Waals surface area contributed by atoms with E-state index in [2.05, 4.69) is 0 Å². The summed E-state index contributed by atoms with van der Waals surface area (Å²) in [5.74, 6) is 0.196. The summed E-state index contributed by atoms with van der Waals surface area (Å²) in [7, 11) is 0. The van der Waals surface area contributed by atoms with E-state index < -0.39 is 0 Å². The Bertz CT molecular complexity index is 272. The van der Waals surface area contributed by atoms with Gasteiger partial charge in [-0.3, -0.25) is 4.79 Å². The molecule has 1 rings (SSSR count). The fraction of sp³-hybridized carbons (Fsp3) is 0.182. The van der Waals surface area contributed by atoms with Gasteiger partial charge in [0, 0.05) is 6.42 Å². The largest absolute Gasteiger partial charge is 0.300 e. The van der Waals surface area contributed by atoms with Crippen LogP contribution in [0.2, 0.25) is 0 Å². The monoisotopic (exact) mass is 160 g/mol. The van der Waals surface area contributed by atoms with E-state index in [9.17, 15) is 4.79 Å². The molecule has 0 amide bonds. The third-order valence-electron chi connectivity index (χ3n) is 1.52. The van der Waals surface area contributed by atoms with Crippen LogP contribution in [0.5, 0.6) is 0 Å². The number of rotatable bonds is 3. The predicted octanol–water partition coefficient (Wildman–Crippen LogP) is 2.68. The molecule has 1 aromatic rings. The highest BCUT2D eigenvalue weighted by Crippen LogP contribution is 2.01. The molecule has 1 aromatic carbocycles. The first-order valence-corrected chi connectivity index (χ1v) is 4.00. The molecule has 0 aliphatic heterocycles. The second-order valence-electron chi connectivity index (χ2n) is 2.72. The highest BCUT2D eigenvalue weighted by Gasteiger charge is 1.86. The summed E-state index contributed by atoms with van der Waals surface area (Å²) in [4.78, 5) is 10.6. The fourth-order valence-electron chi connectivity index (χ4n) is 0.925. The van der Waals surface area contributed by atoms with Gasteiger partial charge in [0.05, 0.1) is 0 Å². The molecule has 0 aliphatic carbocycles. The zero-order valence-corrected chi connectivity index (χ0v) is 7.16. The topological polar surface area (TPSA) is 17.1 Å². The average Bonchev–Trinajstić information content (AvgIpc) is 2.05. The van der Waals surface area contributed by atoms with Crippen molar-refractivity contribution in [3.63, 3.8) is 0 Å². The van der Waals surface area contributed by atoms with Crippen LogP contribution in [0.15, 0.2) is 36.4 Å². The van der Waals surface area contributed by atoms with Crippen molar-refractivity contribution in [3.8, 4) is 0 Å². The van der Waals surface area contributed by atoms with Gasteiger partial charge in [-0.25, -0.2) is 0 Å². The predicted molar refractivity (Wildman–Crippen MR) is 50.8 cm³/mol. The van der Waals surface area contributed by atoms with Crippen LogP contribution in [0.25, 0.3) is 6.08 Å². The van der Waals surface area contributed by atoms with Crippen molar-refractivity contribution in [1.29, 1.82) is 0 Å². The molecule has 0 spiro atoms. The first-order chi connectivity index (χ1) is 5.79. The SMILES string of the molecule is CC(=O)CC=Cc1ccccc1. The number of benzene rings is 1. The van der Waals surface area contributed by atoms with E-state index in [1.807, 2.05) is 42.5 Å². The minimum Gasteiger partial charge on any atom is -0.300 e. The molecule has 0 aliphatic rings. The molecule has 0 saturated carbocycles. The summed E-state index contributed by atoms with van der Waals surface area (Å²) in [6.07, 6.45) is 4.37. The third-order valence-corrected chi connectivity index (χ3v) is 1.52. The number of carbonyl (C=O) groups excluding carboxylic acids is 1. The molecule has 0 fully saturated rings. The van der Waals surface area contributed by atoms with Crippen LogP contribution in [0.4, 0.5) is 0 Å². The molecule has 0 aromatic heterocycles. The Kier molecular flexibility index (Phi) is 3.27. The van der Waals surface area contributed by atoms with E-state index in [-0.39, 0.29) is 5.78 Å². The van der Waals surface area contributed by atoms with Crippen LogP contribution in [-0.2, 0) is 4.79 Å². The first-order valence-electron chi connectivity index (χ1n) is 4.00. The second-order valence-corrected chi connectivity index (χ2v) is 2.72. The molecular formula is C11H12O. The quantitative estimate of drug-likeness (QED) is 0.664. The second kappa shape index (κ2) is 4.50. The number of carbonyl (C=O) groups is 1. The van der Waals surface area contributed by atoms with E-state index in [0.717, 1.165) is 5.56 Å². The van der Waals surface area contributed by atoms with E-state index in [1.54, 1.807) is 6.92 Å². The maximum absolute atomic E-state index is 10.6. The van der Waals surface area contributed by atoms with Gasteiger partial charge < -0.3 is 0 Å². The van der Waals surface area contributed by atoms with Crippen LogP contribution in [0, 0.1) is 0 Å². The van der Waals surface area contributed by atoms with Crippen LogP contribution in [0.1, 0.15) is 18.9 Å². The lowest BCUT2D eigenvalue weighted by Gasteiger charge is -1.89. The normalized spacial score (nSPS) is 10.4. The molecule has 62 valence electrons. The Morgan fingerprint density at radius 2 is 2.00 bits per heavy atom. The number of allylic oxidation sites excluding steroid dienone is 1. The zero-order valence-electron chi connectivity index (χ0n) is 7.16. The van der Waals surface area contributed by atoms with Crippen molar-refractivity contribution < 1.29 is 4.79 Å². The first kappa shape index (κ1) is 8.72. The van der Waals surface area contributed by atoms with Crippen LogP contribution < -0.4 is 0 Å². The Balaban J connectivity index is 2.52. The van der Waals surface area contributed by atoms with Crippen LogP contribution in [-0.4, -0.2) is 5.78 Å². The smallest absolute Gasteiger partial charge is 0.133 e. The lowest BCUT2D eigenvalue weighted by atomic mass is 10.2. The number of ketones is 1. The van der Waals surface area contributed by atoms with Crippen LogP contribution >= 0.6 is 0 Å². The number of hydrogen-bond donors (Lipinski definition) is 0. The Labute approximate surface area is 72.7 Å². The summed E-state index contributed by atoms with van der Waals surface area (Å²) >= 11 is 0. The van der Waals surface area contributed by atoms with E-state index >= 15 is 0 Å². The molecular weight excluding hydrogens is 148 g/mol. The zero-order chi connectivity index (χ0) is 8.81. The Morgan fingerprint density at radius 1 is 1.33 bits per heavy atom. The maximum Gasteiger partial charge on any atom is 0.133 e. The van der Waals surface area contributed by atoms with Crippen LogP contribution in [0.3, 0.4) is 0 Å². The van der Waals surface area contributed by atoms with Gasteiger partial charge in [0.15, 0.2) is 0 Å². The van der Waals surface area contributed by atoms with Crippen molar-refractivity contribution in [2.45, 2.75) is 13.3 Å². The summed E-state index contributed by atoms with van der Waals surface area (Å²) in [6.45, 7) is 1.59. The highest BCUT2D eigenvalue weighted by molar-refractivity contribution is 5.78. The number of hydrogen-bond acceptors (Lipinski definition) is 1. The molecule has 0 radical (unpaired) electrons. The number of Topliss-reactive ketones (excluding diaryl/α,β-unsaturated/α-hetero) is 1. The lowest BCUT2D eigenvalue weighted by Crippen LogP contribution is -1.83. The fourth-order valence-corrected chi connectivity index (χ4v) is 0.925. The Hall–Kier alpha value is -1.37. The average molecular weight is 160 g/mol. The summed E-state index contributed by atoms with van der Waals surface area (Å²) in [5, 5.41) is 0. The van der Waals surface area contributed by atoms with Gasteiger partial charge in [-0.1, -0.05) is 42.5 Å². The van der Waals surface area contributed by atoms with E-state index in [1.165, 1.54) is 0 Å². The standard InChI is InChI=1S/C11H12O/c1-10(12)6-5-9-11-7-3-2-4-8-11/h2-5,7-9H,6H2,1H3. The van der Waals surface area contributed by atoms with Crippen molar-refractivity contribution in [1.82, 2.24) is 0 Å². The van der Waals surface area contributed by atoms with Gasteiger partial charge in [-0.05, 0) is 12.5 Å². The van der Waals surface area contributed by atoms with Gasteiger partial charge in [0.25, 0.3) is 0 Å². The molecule has 1 nitrogen and oxygen atoms in total. The van der Waals surface area contributed by atoms with Gasteiger partial charge in [-0.15, -0.1) is 0 Å². The van der Waals surface area contributed by atoms with E-state index in [4.69, 9.17) is 0 Å². The lowest BCUT2D eigenvalue weighted by molar-refractivity contribution is -0.116. The van der Waals surface area contributed by atoms with E-state index in [0.29, 0.717) is 6.42 Å². The molecule has 0 atom stereocenters. The molecule has 0 saturated heterocycles. The minimum atomic E-state index is 0.196. The summed E-state index contributed by atoms with van der Waals surface area (Å²) in [6, 6.07) is 9.95. The summed E-state index contributed by atoms with van der Waals surface area (Å²) in [5.41, 5.74) is 1.14. The van der Waals surface area contributed by atoms with Crippen molar-refractivity contribution >= 4 is 11.9 Å². The summed E-state index contributed by atoms with van der Waals surface area (Å²) < 4.78 is 0. The van der Waals surface area contributed by atoms with Gasteiger partial charge in [0.1, 0.15) is 5.78 Å². The van der Waals surface area contributed by atoms with Crippen molar-refractivity contribution in [3.05, 3.63) is 42.0 Å². The molecule has 0 N–H and O–H groups in total. The van der Waals surface area contributed by atoms with Gasteiger partial charge in [-0.2, -0.15) is 0 Å². The van der Waals surface area contributed by atoms with Gasteiger partial charge >= 0.3 is 0 Å². The van der Waals surface area contributed by atoms with Gasteiger partial charge in [0.2, 0.25) is 0 Å². The molecule has 0 bridgehead atoms. The minimum absolute atomic E-state index is 0.196. The molecule has 0 unspecified atom stereocenters. The molecule has 12 heavy (non-hydrogen) atoms. The molecule has 0 heterocycles. The highest BCUT2D eigenvalue weighted by atomic mass is 16.1. The molecule has 1 heteroatoms. The van der Waals surface area contributed by atoms with Crippen molar-refractivity contribution in [2.75, 3.05) is 0 Å². The van der Waals surface area contributed by atoms with Crippen molar-refractivity contribution in [2.24, 2.45) is 0 Å².